The Hall–Kier alpha value is -3.48. The van der Waals surface area contributed by atoms with Gasteiger partial charge < -0.3 is 19.8 Å². The van der Waals surface area contributed by atoms with Gasteiger partial charge in [-0.05, 0) is 36.2 Å². The van der Waals surface area contributed by atoms with Gasteiger partial charge in [-0.3, -0.25) is 9.69 Å². The number of ether oxygens (including phenoxy) is 2. The zero-order valence-corrected chi connectivity index (χ0v) is 18.6. The highest BCUT2D eigenvalue weighted by Crippen LogP contribution is 2.47. The zero-order chi connectivity index (χ0) is 22.4. The summed E-state index contributed by atoms with van der Waals surface area (Å²) in [7, 11) is 0. The Morgan fingerprint density at radius 2 is 1.91 bits per heavy atom. The maximum Gasteiger partial charge on any atom is 0.238 e. The molecule has 4 aromatic rings. The first kappa shape index (κ1) is 20.1. The molecule has 0 aliphatic carbocycles. The minimum absolute atomic E-state index is 0.0680. The monoisotopic (exact) mass is 459 g/mol. The standard InChI is InChI=1S/C26H22ClN3O3/c27-16-12-20(26-22(13-16)32-15-33-26)25-24-19(18-8-4-5-9-21(18)29-24)10-11-30(25)14-23(31)28-17-6-2-1-3-7-17/h1-9,12-13,25,29H,10-11,14-15H2,(H,28,31). The second-order valence-electron chi connectivity index (χ2n) is 8.33. The van der Waals surface area contributed by atoms with Gasteiger partial charge in [-0.25, -0.2) is 0 Å². The van der Waals surface area contributed by atoms with Crippen LogP contribution in [0.4, 0.5) is 5.69 Å². The van der Waals surface area contributed by atoms with Crippen LogP contribution in [0.3, 0.4) is 0 Å². The maximum absolute atomic E-state index is 13.0. The third-order valence-electron chi connectivity index (χ3n) is 6.30. The molecular formula is C26H22ClN3O3. The van der Waals surface area contributed by atoms with Crippen LogP contribution < -0.4 is 14.8 Å². The van der Waals surface area contributed by atoms with Crippen molar-refractivity contribution in [1.82, 2.24) is 9.88 Å². The Morgan fingerprint density at radius 3 is 2.79 bits per heavy atom. The molecule has 0 spiro atoms. The fourth-order valence-electron chi connectivity index (χ4n) is 4.93. The summed E-state index contributed by atoms with van der Waals surface area (Å²) >= 11 is 6.47. The number of nitrogens with one attached hydrogen (secondary N) is 2. The van der Waals surface area contributed by atoms with Gasteiger partial charge in [0.1, 0.15) is 0 Å². The molecule has 1 atom stereocenters. The highest BCUT2D eigenvalue weighted by Gasteiger charge is 2.36. The molecule has 6 nitrogen and oxygen atoms in total. The van der Waals surface area contributed by atoms with Crippen molar-refractivity contribution in [1.29, 1.82) is 0 Å². The van der Waals surface area contributed by atoms with Crippen molar-refractivity contribution in [2.45, 2.75) is 12.5 Å². The van der Waals surface area contributed by atoms with E-state index >= 15 is 0 Å². The van der Waals surface area contributed by atoms with Crippen LogP contribution in [0.5, 0.6) is 11.5 Å². The lowest BCUT2D eigenvalue weighted by molar-refractivity contribution is -0.117. The SMILES string of the molecule is O=C(CN1CCc2c([nH]c3ccccc23)C1c1cc(Cl)cc2c1OCO2)Nc1ccccc1. The molecule has 0 saturated carbocycles. The molecule has 0 fully saturated rings. The molecule has 2 aliphatic heterocycles. The summed E-state index contributed by atoms with van der Waals surface area (Å²) in [6.07, 6.45) is 0.842. The number of nitrogens with zero attached hydrogens (tertiary/aromatic N) is 1. The summed E-state index contributed by atoms with van der Waals surface area (Å²) in [5.74, 6) is 1.25. The molecule has 3 heterocycles. The molecule has 33 heavy (non-hydrogen) atoms. The third kappa shape index (κ3) is 3.61. The average molecular weight is 460 g/mol. The molecule has 2 aliphatic rings. The summed E-state index contributed by atoms with van der Waals surface area (Å²) < 4.78 is 11.5. The number of H-pyrrole nitrogens is 1. The van der Waals surface area contributed by atoms with Gasteiger partial charge in [0, 0.05) is 45.5 Å². The number of aromatic nitrogens is 1. The quantitative estimate of drug-likeness (QED) is 0.443. The van der Waals surface area contributed by atoms with Crippen LogP contribution in [0.2, 0.25) is 5.02 Å². The highest BCUT2D eigenvalue weighted by molar-refractivity contribution is 6.30. The second-order valence-corrected chi connectivity index (χ2v) is 8.77. The Labute approximate surface area is 196 Å². The molecule has 6 rings (SSSR count). The third-order valence-corrected chi connectivity index (χ3v) is 6.52. The van der Waals surface area contributed by atoms with Gasteiger partial charge in [-0.1, -0.05) is 48.0 Å². The minimum Gasteiger partial charge on any atom is -0.454 e. The largest absolute Gasteiger partial charge is 0.454 e. The number of benzene rings is 3. The molecule has 0 saturated heterocycles. The van der Waals surface area contributed by atoms with Crippen molar-refractivity contribution in [3.63, 3.8) is 0 Å². The summed E-state index contributed by atoms with van der Waals surface area (Å²) in [6, 6.07) is 21.3. The van der Waals surface area contributed by atoms with Gasteiger partial charge in [0.2, 0.25) is 12.7 Å². The fraction of sp³-hybridized carbons (Fsp3) is 0.192. The number of hydrogen-bond donors (Lipinski definition) is 2. The lowest BCUT2D eigenvalue weighted by Crippen LogP contribution is -2.41. The molecule has 7 heteroatoms. The minimum atomic E-state index is -0.225. The highest BCUT2D eigenvalue weighted by atomic mass is 35.5. The number of rotatable bonds is 4. The summed E-state index contributed by atoms with van der Waals surface area (Å²) in [6.45, 7) is 1.11. The Morgan fingerprint density at radius 1 is 1.09 bits per heavy atom. The average Bonchev–Trinajstić information content (AvgIpc) is 3.43. The van der Waals surface area contributed by atoms with E-state index in [2.05, 4.69) is 33.4 Å². The molecule has 1 aromatic heterocycles. The van der Waals surface area contributed by atoms with Crippen molar-refractivity contribution in [2.24, 2.45) is 0 Å². The van der Waals surface area contributed by atoms with Gasteiger partial charge in [0.15, 0.2) is 11.5 Å². The normalized spacial score (nSPS) is 17.2. The van der Waals surface area contributed by atoms with E-state index in [-0.39, 0.29) is 25.3 Å². The second kappa shape index (κ2) is 8.14. The van der Waals surface area contributed by atoms with Crippen molar-refractivity contribution >= 4 is 34.1 Å². The first-order valence-electron chi connectivity index (χ1n) is 10.9. The smallest absolute Gasteiger partial charge is 0.238 e. The van der Waals surface area contributed by atoms with Crippen molar-refractivity contribution < 1.29 is 14.3 Å². The van der Waals surface area contributed by atoms with E-state index in [1.54, 1.807) is 6.07 Å². The number of anilines is 1. The predicted octanol–water partition coefficient (Wildman–Crippen LogP) is 5.14. The van der Waals surface area contributed by atoms with Gasteiger partial charge in [0.05, 0.1) is 12.6 Å². The van der Waals surface area contributed by atoms with Crippen LogP contribution in [-0.2, 0) is 11.2 Å². The van der Waals surface area contributed by atoms with Crippen LogP contribution >= 0.6 is 11.6 Å². The van der Waals surface area contributed by atoms with Crippen molar-refractivity contribution in [3.05, 3.63) is 88.6 Å². The molecule has 0 radical (unpaired) electrons. The van der Waals surface area contributed by atoms with Crippen molar-refractivity contribution in [2.75, 3.05) is 25.2 Å². The number of halogens is 1. The first-order chi connectivity index (χ1) is 16.2. The van der Waals surface area contributed by atoms with E-state index in [4.69, 9.17) is 21.1 Å². The zero-order valence-electron chi connectivity index (χ0n) is 17.8. The number of amides is 1. The lowest BCUT2D eigenvalue weighted by Gasteiger charge is -2.36. The molecule has 2 N–H and O–H groups in total. The van der Waals surface area contributed by atoms with E-state index in [1.807, 2.05) is 42.5 Å². The van der Waals surface area contributed by atoms with Gasteiger partial charge in [0.25, 0.3) is 0 Å². The topological polar surface area (TPSA) is 66.6 Å². The lowest BCUT2D eigenvalue weighted by atomic mass is 9.91. The number of carbonyl (C=O) groups excluding carboxylic acids is 1. The summed E-state index contributed by atoms with van der Waals surface area (Å²) in [4.78, 5) is 18.8. The molecule has 0 bridgehead atoms. The number of aromatic amines is 1. The summed E-state index contributed by atoms with van der Waals surface area (Å²) in [5.41, 5.74) is 5.09. The fourth-order valence-corrected chi connectivity index (χ4v) is 5.14. The number of para-hydroxylation sites is 2. The Balaban J connectivity index is 1.43. The first-order valence-corrected chi connectivity index (χ1v) is 11.3. The number of hydrogen-bond acceptors (Lipinski definition) is 4. The van der Waals surface area contributed by atoms with Gasteiger partial charge in [-0.15, -0.1) is 0 Å². The number of fused-ring (bicyclic) bond motifs is 4. The van der Waals surface area contributed by atoms with Crippen LogP contribution in [0, 0.1) is 0 Å². The van der Waals surface area contributed by atoms with E-state index in [1.165, 1.54) is 10.9 Å². The van der Waals surface area contributed by atoms with Crippen LogP contribution in [0.15, 0.2) is 66.7 Å². The molecule has 1 unspecified atom stereocenters. The van der Waals surface area contributed by atoms with E-state index < -0.39 is 0 Å². The van der Waals surface area contributed by atoms with Crippen molar-refractivity contribution in [3.8, 4) is 11.5 Å². The molecule has 3 aromatic carbocycles. The molecule has 166 valence electrons. The number of carbonyl (C=O) groups is 1. The van der Waals surface area contributed by atoms with E-state index in [0.717, 1.165) is 35.4 Å². The van der Waals surface area contributed by atoms with Gasteiger partial charge >= 0.3 is 0 Å². The van der Waals surface area contributed by atoms with Crippen LogP contribution in [0.1, 0.15) is 22.9 Å². The molecule has 1 amide bonds. The van der Waals surface area contributed by atoms with Crippen LogP contribution in [0.25, 0.3) is 10.9 Å². The summed E-state index contributed by atoms with van der Waals surface area (Å²) in [5, 5.41) is 4.79. The van der Waals surface area contributed by atoms with Crippen LogP contribution in [-0.4, -0.2) is 35.7 Å². The maximum atomic E-state index is 13.0. The van der Waals surface area contributed by atoms with E-state index in [0.29, 0.717) is 16.5 Å². The van der Waals surface area contributed by atoms with E-state index in [9.17, 15) is 4.79 Å². The molecular weight excluding hydrogens is 438 g/mol. The van der Waals surface area contributed by atoms with Gasteiger partial charge in [-0.2, -0.15) is 0 Å². The predicted molar refractivity (Wildman–Crippen MR) is 128 cm³/mol. The Kier molecular flexibility index (Phi) is 4.97. The Bertz CT molecular complexity index is 1350.